The number of nitrogens with one attached hydrogen (secondary N) is 1. The van der Waals surface area contributed by atoms with Gasteiger partial charge in [0.05, 0.1) is 15.0 Å². The summed E-state index contributed by atoms with van der Waals surface area (Å²) in [6.07, 6.45) is 0. The molecule has 0 saturated heterocycles. The van der Waals surface area contributed by atoms with Crippen molar-refractivity contribution in [3.63, 3.8) is 0 Å². The van der Waals surface area contributed by atoms with E-state index in [1.54, 1.807) is 0 Å². The minimum atomic E-state index is -3.54. The Labute approximate surface area is 100 Å². The van der Waals surface area contributed by atoms with E-state index in [2.05, 4.69) is 0 Å². The predicted molar refractivity (Wildman–Crippen MR) is 62.2 cm³/mol. The Balaban J connectivity index is 3.13. The molecular weight excluding hydrogens is 339 g/mol. The minimum Gasteiger partial charge on any atom is -0.281 e. The summed E-state index contributed by atoms with van der Waals surface area (Å²) in [5.74, 6) is -1.78. The Kier molecular flexibility index (Phi) is 3.87. The van der Waals surface area contributed by atoms with E-state index in [1.807, 2.05) is 4.72 Å². The van der Waals surface area contributed by atoms with E-state index in [0.717, 1.165) is 12.1 Å². The summed E-state index contributed by atoms with van der Waals surface area (Å²) < 4.78 is 50.3. The fourth-order valence-corrected chi connectivity index (χ4v) is 1.95. The van der Waals surface area contributed by atoms with Crippen LogP contribution in [0.4, 0.5) is 14.5 Å². The average molecular weight is 347 g/mol. The van der Waals surface area contributed by atoms with E-state index >= 15 is 0 Å². The molecule has 15 heavy (non-hydrogen) atoms. The average Bonchev–Trinajstić information content (AvgIpc) is 2.19. The number of benzene rings is 1. The lowest BCUT2D eigenvalue weighted by molar-refractivity contribution is 0.571. The van der Waals surface area contributed by atoms with E-state index < -0.39 is 21.7 Å². The molecule has 0 aliphatic carbocycles. The fourth-order valence-electron chi connectivity index (χ4n) is 0.844. The van der Waals surface area contributed by atoms with Crippen LogP contribution in [0.3, 0.4) is 0 Å². The summed E-state index contributed by atoms with van der Waals surface area (Å²) in [7, 11) is -3.54. The summed E-state index contributed by atoms with van der Waals surface area (Å²) >= 11 is 1.47. The summed E-state index contributed by atoms with van der Waals surface area (Å²) in [5.41, 5.74) is -0.234. The normalized spacial score (nSPS) is 11.5. The molecule has 0 aliphatic rings. The van der Waals surface area contributed by atoms with Crippen molar-refractivity contribution in [1.82, 2.24) is 0 Å². The third kappa shape index (κ3) is 3.00. The van der Waals surface area contributed by atoms with Gasteiger partial charge in [0.1, 0.15) is 5.82 Å². The Morgan fingerprint density at radius 2 is 2.00 bits per heavy atom. The molecule has 0 heterocycles. The van der Waals surface area contributed by atoms with Crippen molar-refractivity contribution in [2.75, 3.05) is 10.5 Å². The third-order valence-electron chi connectivity index (χ3n) is 1.68. The zero-order valence-electron chi connectivity index (χ0n) is 7.72. The van der Waals surface area contributed by atoms with Crippen molar-refractivity contribution >= 4 is 38.3 Å². The molecule has 1 N–H and O–H groups in total. The molecule has 0 spiro atoms. The number of anilines is 1. The monoisotopic (exact) mass is 347 g/mol. The highest BCUT2D eigenvalue weighted by Gasteiger charge is 2.15. The Bertz CT molecular complexity index is 476. The largest absolute Gasteiger partial charge is 0.281 e. The van der Waals surface area contributed by atoms with Crippen molar-refractivity contribution in [3.8, 4) is 0 Å². The first kappa shape index (κ1) is 12.6. The van der Waals surface area contributed by atoms with E-state index in [9.17, 15) is 17.2 Å². The molecule has 1 aromatic carbocycles. The first-order valence-electron chi connectivity index (χ1n) is 4.01. The maximum absolute atomic E-state index is 13.4. The van der Waals surface area contributed by atoms with Crippen LogP contribution in [-0.2, 0) is 10.0 Å². The quantitative estimate of drug-likeness (QED) is 0.674. The molecule has 1 aromatic rings. The van der Waals surface area contributed by atoms with Crippen molar-refractivity contribution in [2.45, 2.75) is 6.92 Å². The highest BCUT2D eigenvalue weighted by molar-refractivity contribution is 14.1. The third-order valence-corrected chi connectivity index (χ3v) is 3.96. The van der Waals surface area contributed by atoms with Crippen LogP contribution >= 0.6 is 22.6 Å². The molecule has 0 amide bonds. The van der Waals surface area contributed by atoms with E-state index in [1.165, 1.54) is 29.5 Å². The number of hydrogen-bond donors (Lipinski definition) is 1. The van der Waals surface area contributed by atoms with Crippen LogP contribution < -0.4 is 4.72 Å². The van der Waals surface area contributed by atoms with Crippen molar-refractivity contribution in [1.29, 1.82) is 0 Å². The molecule has 0 unspecified atom stereocenters. The SMILES string of the molecule is CCS(=O)(=O)Nc1ccc(F)c(I)c1F. The number of rotatable bonds is 3. The molecular formula is C8H8F2INO2S. The maximum atomic E-state index is 13.4. The van der Waals surface area contributed by atoms with Crippen LogP contribution in [0.5, 0.6) is 0 Å². The van der Waals surface area contributed by atoms with Crippen LogP contribution in [0.1, 0.15) is 6.92 Å². The summed E-state index contributed by atoms with van der Waals surface area (Å²) in [6.45, 7) is 1.43. The molecule has 0 fully saturated rings. The van der Waals surface area contributed by atoms with Gasteiger partial charge < -0.3 is 0 Å². The van der Waals surface area contributed by atoms with E-state index in [0.29, 0.717) is 0 Å². The molecule has 84 valence electrons. The highest BCUT2D eigenvalue weighted by Crippen LogP contribution is 2.23. The van der Waals surface area contributed by atoms with Gasteiger partial charge in [0.15, 0.2) is 5.82 Å². The zero-order valence-corrected chi connectivity index (χ0v) is 10.7. The molecule has 3 nitrogen and oxygen atoms in total. The Morgan fingerprint density at radius 3 is 2.53 bits per heavy atom. The van der Waals surface area contributed by atoms with Gasteiger partial charge in [-0.3, -0.25) is 4.72 Å². The molecule has 0 atom stereocenters. The first-order chi connectivity index (χ1) is 6.87. The van der Waals surface area contributed by atoms with Gasteiger partial charge in [0.25, 0.3) is 0 Å². The minimum absolute atomic E-state index is 0.166. The zero-order chi connectivity index (χ0) is 11.6. The highest BCUT2D eigenvalue weighted by atomic mass is 127. The van der Waals surface area contributed by atoms with Gasteiger partial charge in [-0.1, -0.05) is 0 Å². The van der Waals surface area contributed by atoms with Gasteiger partial charge in [-0.2, -0.15) is 0 Å². The van der Waals surface area contributed by atoms with E-state index in [-0.39, 0.29) is 15.0 Å². The van der Waals surface area contributed by atoms with Gasteiger partial charge in [0, 0.05) is 0 Å². The molecule has 0 aromatic heterocycles. The Morgan fingerprint density at radius 1 is 1.40 bits per heavy atom. The van der Waals surface area contributed by atoms with Gasteiger partial charge in [-0.15, -0.1) is 0 Å². The lowest BCUT2D eigenvalue weighted by Gasteiger charge is -2.08. The second kappa shape index (κ2) is 4.60. The van der Waals surface area contributed by atoms with Crippen LogP contribution in [0.15, 0.2) is 12.1 Å². The van der Waals surface area contributed by atoms with Crippen LogP contribution in [-0.4, -0.2) is 14.2 Å². The first-order valence-corrected chi connectivity index (χ1v) is 6.74. The number of hydrogen-bond acceptors (Lipinski definition) is 2. The molecule has 0 radical (unpaired) electrons. The second-order valence-electron chi connectivity index (χ2n) is 2.73. The lowest BCUT2D eigenvalue weighted by atomic mass is 10.3. The molecule has 0 bridgehead atoms. The van der Waals surface area contributed by atoms with Gasteiger partial charge in [0.2, 0.25) is 10.0 Å². The van der Waals surface area contributed by atoms with Crippen molar-refractivity contribution in [3.05, 3.63) is 27.3 Å². The van der Waals surface area contributed by atoms with Gasteiger partial charge >= 0.3 is 0 Å². The van der Waals surface area contributed by atoms with Crippen LogP contribution in [0.2, 0.25) is 0 Å². The second-order valence-corrected chi connectivity index (χ2v) is 5.82. The topological polar surface area (TPSA) is 46.2 Å². The van der Waals surface area contributed by atoms with Gasteiger partial charge in [-0.05, 0) is 41.6 Å². The van der Waals surface area contributed by atoms with Crippen molar-refractivity contribution < 1.29 is 17.2 Å². The maximum Gasteiger partial charge on any atom is 0.232 e. The summed E-state index contributed by atoms with van der Waals surface area (Å²) in [5, 5.41) is 0. The molecule has 0 saturated carbocycles. The Hall–Kier alpha value is -0.440. The van der Waals surface area contributed by atoms with E-state index in [4.69, 9.17) is 0 Å². The van der Waals surface area contributed by atoms with Crippen molar-refractivity contribution in [2.24, 2.45) is 0 Å². The van der Waals surface area contributed by atoms with Gasteiger partial charge in [-0.25, -0.2) is 17.2 Å². The van der Waals surface area contributed by atoms with Crippen LogP contribution in [0.25, 0.3) is 0 Å². The smallest absolute Gasteiger partial charge is 0.232 e. The number of halogens is 3. The standard InChI is InChI=1S/C8H8F2INO2S/c1-2-15(13,14)12-6-4-3-5(9)8(11)7(6)10/h3-4,12H,2H2,1H3. The predicted octanol–water partition coefficient (Wildman–Crippen LogP) is 2.33. The fraction of sp³-hybridized carbons (Fsp3) is 0.250. The molecule has 7 heteroatoms. The summed E-state index contributed by atoms with van der Waals surface area (Å²) in [6, 6.07) is 2.07. The number of sulfonamides is 1. The summed E-state index contributed by atoms with van der Waals surface area (Å²) in [4.78, 5) is 0. The molecule has 1 rings (SSSR count). The lowest BCUT2D eigenvalue weighted by Crippen LogP contribution is -2.16. The molecule has 0 aliphatic heterocycles. The van der Waals surface area contributed by atoms with Crippen LogP contribution in [0, 0.1) is 15.2 Å².